The maximum atomic E-state index is 12.0. The van der Waals surface area contributed by atoms with Crippen molar-refractivity contribution in [2.45, 2.75) is 30.7 Å². The number of carbonyl (C=O) groups excluding carboxylic acids is 1. The van der Waals surface area contributed by atoms with Crippen molar-refractivity contribution in [1.29, 1.82) is 0 Å². The number of amides is 1. The average molecular weight is 455 g/mol. The largest absolute Gasteiger partial charge is 0.381 e. The predicted octanol–water partition coefficient (Wildman–Crippen LogP) is 3.03. The van der Waals surface area contributed by atoms with Crippen molar-refractivity contribution in [3.63, 3.8) is 0 Å². The molecule has 2 heterocycles. The van der Waals surface area contributed by atoms with Crippen LogP contribution in [0.25, 0.3) is 22.0 Å². The molecular weight excluding hydrogens is 428 g/mol. The summed E-state index contributed by atoms with van der Waals surface area (Å²) in [6, 6.07) is 12.5. The highest BCUT2D eigenvalue weighted by molar-refractivity contribution is 7.90. The Bertz CT molecular complexity index is 1250. The van der Waals surface area contributed by atoms with Crippen LogP contribution in [0.5, 0.6) is 0 Å². The van der Waals surface area contributed by atoms with Gasteiger partial charge in [-0.1, -0.05) is 18.2 Å². The first-order chi connectivity index (χ1) is 15.2. The minimum absolute atomic E-state index is 0.104. The number of anilines is 1. The molecule has 4 rings (SSSR count). The number of ether oxygens (including phenoxy) is 1. The summed E-state index contributed by atoms with van der Waals surface area (Å²) < 4.78 is 28.9. The van der Waals surface area contributed by atoms with E-state index in [4.69, 9.17) is 10.5 Å². The van der Waals surface area contributed by atoms with Gasteiger partial charge in [0.2, 0.25) is 0 Å². The number of nitrogens with two attached hydrogens (primary N) is 1. The number of fused-ring (bicyclic) bond motifs is 1. The first-order valence-electron chi connectivity index (χ1n) is 10.5. The fraction of sp³-hybridized carbons (Fsp3) is 0.348. The summed E-state index contributed by atoms with van der Waals surface area (Å²) in [5.41, 5.74) is 8.60. The number of carbonyl (C=O) groups is 1. The second kappa shape index (κ2) is 8.84. The number of nitrogens with zero attached hydrogens (tertiary/aromatic N) is 2. The number of hydrogen-bond acceptors (Lipinski definition) is 7. The fourth-order valence-corrected chi connectivity index (χ4v) is 4.69. The number of benzene rings is 2. The Morgan fingerprint density at radius 3 is 2.38 bits per heavy atom. The van der Waals surface area contributed by atoms with E-state index < -0.39 is 15.7 Å². The van der Waals surface area contributed by atoms with Crippen molar-refractivity contribution in [2.75, 3.05) is 24.8 Å². The highest BCUT2D eigenvalue weighted by Gasteiger charge is 2.24. The molecule has 1 amide bonds. The zero-order valence-electron chi connectivity index (χ0n) is 18.0. The Balaban J connectivity index is 1.71. The quantitative estimate of drug-likeness (QED) is 0.586. The van der Waals surface area contributed by atoms with Gasteiger partial charge in [0.05, 0.1) is 16.1 Å². The molecule has 1 saturated heterocycles. The van der Waals surface area contributed by atoms with Crippen molar-refractivity contribution >= 4 is 32.3 Å². The van der Waals surface area contributed by atoms with Gasteiger partial charge in [0.15, 0.2) is 15.5 Å². The normalized spacial score (nSPS) is 16.1. The van der Waals surface area contributed by atoms with E-state index in [1.165, 1.54) is 6.26 Å². The average Bonchev–Trinajstić information content (AvgIpc) is 2.78. The molecule has 1 aliphatic heterocycles. The maximum Gasteiger partial charge on any atom is 0.271 e. The molecule has 3 aromatic rings. The number of sulfone groups is 1. The van der Waals surface area contributed by atoms with Gasteiger partial charge in [0.25, 0.3) is 5.91 Å². The molecule has 1 fully saturated rings. The van der Waals surface area contributed by atoms with Crippen LogP contribution >= 0.6 is 0 Å². The second-order valence-corrected chi connectivity index (χ2v) is 10.2. The number of hydrogen-bond donors (Lipinski definition) is 2. The molecule has 9 heteroatoms. The molecule has 8 nitrogen and oxygen atoms in total. The molecule has 0 radical (unpaired) electrons. The van der Waals surface area contributed by atoms with Crippen molar-refractivity contribution in [3.8, 4) is 11.1 Å². The second-order valence-electron chi connectivity index (χ2n) is 8.20. The van der Waals surface area contributed by atoms with E-state index in [9.17, 15) is 13.2 Å². The van der Waals surface area contributed by atoms with Gasteiger partial charge in [-0.05, 0) is 61.1 Å². The summed E-state index contributed by atoms with van der Waals surface area (Å²) in [4.78, 5) is 12.3. The van der Waals surface area contributed by atoms with Gasteiger partial charge in [0, 0.05) is 30.9 Å². The summed E-state index contributed by atoms with van der Waals surface area (Å²) >= 11 is 0. The maximum absolute atomic E-state index is 12.0. The topological polar surface area (TPSA) is 124 Å². The molecule has 1 atom stereocenters. The summed E-state index contributed by atoms with van der Waals surface area (Å²) in [6.07, 6.45) is 3.08. The van der Waals surface area contributed by atoms with Crippen LogP contribution < -0.4 is 11.1 Å². The molecule has 1 unspecified atom stereocenters. The van der Waals surface area contributed by atoms with Crippen LogP contribution in [-0.2, 0) is 14.6 Å². The molecule has 1 aromatic heterocycles. The van der Waals surface area contributed by atoms with E-state index in [0.717, 1.165) is 42.6 Å². The first-order valence-corrected chi connectivity index (χ1v) is 12.4. The molecule has 32 heavy (non-hydrogen) atoms. The van der Waals surface area contributed by atoms with Crippen LogP contribution in [0.2, 0.25) is 0 Å². The lowest BCUT2D eigenvalue weighted by Gasteiger charge is -2.29. The minimum atomic E-state index is -3.26. The monoisotopic (exact) mass is 454 g/mol. The smallest absolute Gasteiger partial charge is 0.271 e. The van der Waals surface area contributed by atoms with E-state index >= 15 is 0 Å². The lowest BCUT2D eigenvalue weighted by Crippen LogP contribution is -2.32. The van der Waals surface area contributed by atoms with E-state index in [1.54, 1.807) is 24.3 Å². The Hall–Kier alpha value is -3.04. The predicted molar refractivity (Wildman–Crippen MR) is 123 cm³/mol. The highest BCUT2D eigenvalue weighted by atomic mass is 32.2. The fourth-order valence-electron chi connectivity index (χ4n) is 4.06. The van der Waals surface area contributed by atoms with Gasteiger partial charge in [0.1, 0.15) is 0 Å². The summed E-state index contributed by atoms with van der Waals surface area (Å²) in [5.74, 6) is -0.221. The zero-order valence-corrected chi connectivity index (χ0v) is 18.9. The van der Waals surface area contributed by atoms with Crippen LogP contribution in [0.1, 0.15) is 30.3 Å². The first kappa shape index (κ1) is 22.2. The summed E-state index contributed by atoms with van der Waals surface area (Å²) in [7, 11) is -3.26. The highest BCUT2D eigenvalue weighted by Crippen LogP contribution is 2.31. The molecule has 3 N–H and O–H groups in total. The van der Waals surface area contributed by atoms with Gasteiger partial charge in [-0.3, -0.25) is 4.79 Å². The van der Waals surface area contributed by atoms with Gasteiger partial charge >= 0.3 is 0 Å². The van der Waals surface area contributed by atoms with Crippen molar-refractivity contribution in [3.05, 3.63) is 48.2 Å². The van der Waals surface area contributed by atoms with E-state index in [1.807, 2.05) is 18.2 Å². The van der Waals surface area contributed by atoms with Crippen LogP contribution in [-0.4, -0.2) is 50.0 Å². The standard InChI is InChI=1S/C23H26N4O4S/c1-14(15-9-11-31-12-10-15)25-21-19-8-5-17(13-20(19)26-27-22(21)23(24)28)16-3-6-18(7-4-16)32(2,29)30/h3-8,13-15H,9-12H2,1-2H3,(H2,24,28)(H,25,26). The molecule has 0 bridgehead atoms. The molecular formula is C23H26N4O4S. The zero-order chi connectivity index (χ0) is 22.9. The summed E-state index contributed by atoms with van der Waals surface area (Å²) in [6.45, 7) is 3.55. The molecule has 1 aliphatic rings. The third-order valence-corrected chi connectivity index (χ3v) is 7.08. The van der Waals surface area contributed by atoms with Crippen molar-refractivity contribution in [1.82, 2.24) is 10.2 Å². The Morgan fingerprint density at radius 1 is 1.09 bits per heavy atom. The molecule has 168 valence electrons. The SMILES string of the molecule is CC(Nc1c(C(N)=O)nnc2cc(-c3ccc(S(C)(=O)=O)cc3)ccc12)C1CCOCC1. The van der Waals surface area contributed by atoms with E-state index in [2.05, 4.69) is 22.4 Å². The van der Waals surface area contributed by atoms with Crippen LogP contribution in [0.4, 0.5) is 5.69 Å². The Morgan fingerprint density at radius 2 is 1.75 bits per heavy atom. The van der Waals surface area contributed by atoms with Crippen LogP contribution in [0.15, 0.2) is 47.4 Å². The van der Waals surface area contributed by atoms with E-state index in [-0.39, 0.29) is 16.6 Å². The molecule has 0 saturated carbocycles. The van der Waals surface area contributed by atoms with Crippen molar-refractivity contribution in [2.24, 2.45) is 11.7 Å². The lowest BCUT2D eigenvalue weighted by molar-refractivity contribution is 0.0622. The third kappa shape index (κ3) is 4.58. The van der Waals surface area contributed by atoms with E-state index in [0.29, 0.717) is 17.1 Å². The molecule has 0 spiro atoms. The van der Waals surface area contributed by atoms with Gasteiger partial charge < -0.3 is 15.8 Å². The minimum Gasteiger partial charge on any atom is -0.381 e. The van der Waals surface area contributed by atoms with Gasteiger partial charge in [-0.2, -0.15) is 0 Å². The number of nitrogens with one attached hydrogen (secondary N) is 1. The molecule has 0 aliphatic carbocycles. The van der Waals surface area contributed by atoms with Gasteiger partial charge in [-0.15, -0.1) is 10.2 Å². The lowest BCUT2D eigenvalue weighted by atomic mass is 9.92. The van der Waals surface area contributed by atoms with Crippen LogP contribution in [0.3, 0.4) is 0 Å². The Kier molecular flexibility index (Phi) is 6.12. The number of primary amides is 1. The molecule has 2 aromatic carbocycles. The third-order valence-electron chi connectivity index (χ3n) is 5.96. The summed E-state index contributed by atoms with van der Waals surface area (Å²) in [5, 5.41) is 12.5. The number of aromatic nitrogens is 2. The number of rotatable bonds is 6. The van der Waals surface area contributed by atoms with Crippen LogP contribution in [0, 0.1) is 5.92 Å². The Labute approximate surface area is 187 Å². The van der Waals surface area contributed by atoms with Gasteiger partial charge in [-0.25, -0.2) is 8.42 Å². The van der Waals surface area contributed by atoms with Crippen molar-refractivity contribution < 1.29 is 17.9 Å².